The minimum Gasteiger partial charge on any atom is -0.507 e. The molecule has 146 valence electrons. The predicted molar refractivity (Wildman–Crippen MR) is 103 cm³/mol. The van der Waals surface area contributed by atoms with Gasteiger partial charge in [0.05, 0.1) is 23.1 Å². The van der Waals surface area contributed by atoms with E-state index in [-0.39, 0.29) is 11.2 Å². The van der Waals surface area contributed by atoms with Crippen molar-refractivity contribution in [2.75, 3.05) is 6.54 Å². The number of nitrogens with zero attached hydrogens (tertiary/aromatic N) is 4. The van der Waals surface area contributed by atoms with Gasteiger partial charge in [0, 0.05) is 30.4 Å². The van der Waals surface area contributed by atoms with Crippen molar-refractivity contribution in [3.05, 3.63) is 36.9 Å². The summed E-state index contributed by atoms with van der Waals surface area (Å²) < 4.78 is 22.6. The van der Waals surface area contributed by atoms with E-state index >= 15 is 0 Å². The van der Waals surface area contributed by atoms with Crippen LogP contribution in [0.4, 0.5) is 4.39 Å². The van der Waals surface area contributed by atoms with Crippen molar-refractivity contribution in [1.29, 1.82) is 0 Å². The Labute approximate surface area is 165 Å². The second kappa shape index (κ2) is 5.99. The highest BCUT2D eigenvalue weighted by Gasteiger charge is 2.64. The van der Waals surface area contributed by atoms with Crippen LogP contribution in [0, 0.1) is 5.41 Å². The number of phenols is 1. The van der Waals surface area contributed by atoms with Crippen molar-refractivity contribution in [3.63, 3.8) is 0 Å². The molecule has 0 spiro atoms. The number of aromatic nitrogens is 4. The van der Waals surface area contributed by atoms with Crippen LogP contribution in [0.5, 0.6) is 10.9 Å². The molecule has 2 aliphatic rings. The van der Waals surface area contributed by atoms with Crippen molar-refractivity contribution < 1.29 is 14.2 Å². The third kappa shape index (κ3) is 2.61. The zero-order chi connectivity index (χ0) is 19.5. The van der Waals surface area contributed by atoms with E-state index in [0.717, 1.165) is 18.7 Å². The smallest absolute Gasteiger partial charge is 0.294 e. The molecule has 2 bridgehead atoms. The zero-order valence-corrected chi connectivity index (χ0v) is 16.3. The lowest BCUT2D eigenvalue weighted by molar-refractivity contribution is 0.00955. The van der Waals surface area contributed by atoms with Crippen LogP contribution in [0.1, 0.15) is 20.3 Å². The maximum atomic E-state index is 14.9. The molecule has 1 aliphatic carbocycles. The molecule has 2 aromatic heterocycles. The number of piperidine rings is 1. The molecule has 1 saturated carbocycles. The molecule has 2 fully saturated rings. The highest BCUT2D eigenvalue weighted by atomic mass is 32.1. The second-order valence-electron chi connectivity index (χ2n) is 8.09. The number of hydrogen-bond donors (Lipinski definition) is 2. The highest BCUT2D eigenvalue weighted by molar-refractivity contribution is 7.16. The molecule has 5 rings (SSSR count). The fourth-order valence-corrected chi connectivity index (χ4v) is 5.16. The standard InChI is InChI=1S/C19H20FN5O2S/c1-18-8-19(2,22-9-18)14(20)15(18)27-17-24-23-16(28-17)12-4-3-11(7-13(12)26)25-6-5-21-10-25/h3-7,10,14-15,22,26H,8-9H2,1-2H3/t14-,15-,18+,19+/m0/s1. The quantitative estimate of drug-likeness (QED) is 0.699. The average Bonchev–Trinajstić information content (AvgIpc) is 3.42. The van der Waals surface area contributed by atoms with Gasteiger partial charge in [-0.1, -0.05) is 23.4 Å². The van der Waals surface area contributed by atoms with Gasteiger partial charge in [0.2, 0.25) is 0 Å². The molecular weight excluding hydrogens is 381 g/mol. The van der Waals surface area contributed by atoms with E-state index in [2.05, 4.69) is 20.5 Å². The molecule has 7 nitrogen and oxygen atoms in total. The number of aromatic hydroxyl groups is 1. The topological polar surface area (TPSA) is 85.1 Å². The number of nitrogens with one attached hydrogen (secondary N) is 1. The van der Waals surface area contributed by atoms with E-state index in [1.807, 2.05) is 19.9 Å². The van der Waals surface area contributed by atoms with Crippen molar-refractivity contribution in [2.24, 2.45) is 5.41 Å². The van der Waals surface area contributed by atoms with E-state index in [4.69, 9.17) is 4.74 Å². The van der Waals surface area contributed by atoms with E-state index < -0.39 is 17.8 Å². The Bertz CT molecular complexity index is 1030. The summed E-state index contributed by atoms with van der Waals surface area (Å²) in [5, 5.41) is 22.8. The summed E-state index contributed by atoms with van der Waals surface area (Å²) in [6.45, 7) is 4.66. The number of fused-ring (bicyclic) bond motifs is 2. The van der Waals surface area contributed by atoms with Gasteiger partial charge >= 0.3 is 0 Å². The first-order valence-electron chi connectivity index (χ1n) is 9.09. The molecular formula is C19H20FN5O2S. The van der Waals surface area contributed by atoms with Crippen LogP contribution in [0.3, 0.4) is 0 Å². The normalized spacial score (nSPS) is 31.4. The molecule has 1 saturated heterocycles. The highest BCUT2D eigenvalue weighted by Crippen LogP contribution is 2.52. The van der Waals surface area contributed by atoms with Gasteiger partial charge in [0.25, 0.3) is 5.19 Å². The first-order valence-corrected chi connectivity index (χ1v) is 9.91. The number of rotatable bonds is 4. The molecule has 1 aromatic carbocycles. The molecule has 1 aliphatic heterocycles. The summed E-state index contributed by atoms with van der Waals surface area (Å²) in [5.74, 6) is 0.0841. The Balaban J connectivity index is 1.38. The van der Waals surface area contributed by atoms with Crippen LogP contribution in [0.2, 0.25) is 0 Å². The fourth-order valence-electron chi connectivity index (χ4n) is 4.40. The summed E-state index contributed by atoms with van der Waals surface area (Å²) in [7, 11) is 0. The average molecular weight is 401 g/mol. The number of halogens is 1. The lowest BCUT2D eigenvalue weighted by Gasteiger charge is -2.35. The molecule has 4 atom stereocenters. The Morgan fingerprint density at radius 2 is 2.21 bits per heavy atom. The number of alkyl halides is 1. The summed E-state index contributed by atoms with van der Waals surface area (Å²) in [5.41, 5.74) is 0.527. The van der Waals surface area contributed by atoms with E-state index in [9.17, 15) is 9.50 Å². The van der Waals surface area contributed by atoms with Crippen molar-refractivity contribution in [2.45, 2.75) is 38.1 Å². The van der Waals surface area contributed by atoms with Crippen molar-refractivity contribution in [1.82, 2.24) is 25.1 Å². The van der Waals surface area contributed by atoms with Gasteiger partial charge in [-0.25, -0.2) is 9.37 Å². The number of phenolic OH excluding ortho intramolecular Hbond substituents is 1. The maximum Gasteiger partial charge on any atom is 0.294 e. The van der Waals surface area contributed by atoms with Gasteiger partial charge < -0.3 is 19.7 Å². The summed E-state index contributed by atoms with van der Waals surface area (Å²) in [4.78, 5) is 4.00. The molecule has 28 heavy (non-hydrogen) atoms. The summed E-state index contributed by atoms with van der Waals surface area (Å²) in [6, 6.07) is 5.27. The van der Waals surface area contributed by atoms with Crippen LogP contribution in [0.25, 0.3) is 16.3 Å². The molecule has 2 N–H and O–H groups in total. The van der Waals surface area contributed by atoms with Gasteiger partial charge in [-0.2, -0.15) is 0 Å². The molecule has 9 heteroatoms. The van der Waals surface area contributed by atoms with Crippen LogP contribution in [-0.2, 0) is 0 Å². The molecule has 0 amide bonds. The lowest BCUT2D eigenvalue weighted by Crippen LogP contribution is -2.55. The summed E-state index contributed by atoms with van der Waals surface area (Å²) in [6.07, 6.45) is 4.18. The van der Waals surface area contributed by atoms with Crippen LogP contribution in [-0.4, -0.2) is 49.2 Å². The molecule has 0 radical (unpaired) electrons. The molecule has 3 heterocycles. The van der Waals surface area contributed by atoms with Crippen molar-refractivity contribution >= 4 is 11.3 Å². The second-order valence-corrected chi connectivity index (χ2v) is 9.03. The van der Waals surface area contributed by atoms with E-state index in [1.165, 1.54) is 11.3 Å². The van der Waals surface area contributed by atoms with Crippen molar-refractivity contribution in [3.8, 4) is 27.2 Å². The Morgan fingerprint density at radius 3 is 2.89 bits per heavy atom. The summed E-state index contributed by atoms with van der Waals surface area (Å²) >= 11 is 1.21. The maximum absolute atomic E-state index is 14.9. The van der Waals surface area contributed by atoms with Gasteiger partial charge in [0.15, 0.2) is 11.2 Å². The Kier molecular flexibility index (Phi) is 3.76. The van der Waals surface area contributed by atoms with Crippen LogP contribution >= 0.6 is 11.3 Å². The minimum absolute atomic E-state index is 0.0841. The molecule has 3 aromatic rings. The van der Waals surface area contributed by atoms with Gasteiger partial charge in [-0.15, -0.1) is 5.10 Å². The molecule has 0 unspecified atom stereocenters. The lowest BCUT2D eigenvalue weighted by atomic mass is 9.87. The predicted octanol–water partition coefficient (Wildman–Crippen LogP) is 2.95. The van der Waals surface area contributed by atoms with Crippen LogP contribution in [0.15, 0.2) is 36.9 Å². The minimum atomic E-state index is -1.11. The SMILES string of the molecule is C[C@]12CN[C@](C)(C1)[C@@H](F)[C@@H]2Oc1nnc(-c2ccc(-n3ccnc3)cc2O)s1. The van der Waals surface area contributed by atoms with Gasteiger partial charge in [-0.05, 0) is 25.5 Å². The number of imidazole rings is 1. The van der Waals surface area contributed by atoms with Gasteiger partial charge in [0.1, 0.15) is 11.9 Å². The third-order valence-corrected chi connectivity index (χ3v) is 6.72. The number of benzene rings is 1. The monoisotopic (exact) mass is 401 g/mol. The Morgan fingerprint density at radius 1 is 1.36 bits per heavy atom. The number of hydrogen-bond acceptors (Lipinski definition) is 7. The van der Waals surface area contributed by atoms with Crippen LogP contribution < -0.4 is 10.1 Å². The fraction of sp³-hybridized carbons (Fsp3) is 0.421. The zero-order valence-electron chi connectivity index (χ0n) is 15.5. The number of ether oxygens (including phenoxy) is 1. The first-order chi connectivity index (χ1) is 13.4. The third-order valence-electron chi connectivity index (χ3n) is 5.88. The van der Waals surface area contributed by atoms with E-state index in [0.29, 0.717) is 15.8 Å². The largest absolute Gasteiger partial charge is 0.507 e. The van der Waals surface area contributed by atoms with Gasteiger partial charge in [-0.3, -0.25) is 0 Å². The first kappa shape index (κ1) is 17.6. The Hall–Kier alpha value is -2.52. The van der Waals surface area contributed by atoms with E-state index in [1.54, 1.807) is 35.4 Å².